The van der Waals surface area contributed by atoms with Gasteiger partial charge in [0.2, 0.25) is 0 Å². The molecule has 0 spiro atoms. The standard InChI is InChI=1S/C17H27N3O4S/c1-16(2,3)20(15(22)23)10-7-8-11-12(9-10)25-13(18-11)19-14(21)24-17(4,5)6/h10H,7-9H2,1-6H3,(H,22,23)(H,18,19,21). The summed E-state index contributed by atoms with van der Waals surface area (Å²) in [5, 5.41) is 12.7. The molecule has 0 fully saturated rings. The highest BCUT2D eigenvalue weighted by molar-refractivity contribution is 7.15. The second kappa shape index (κ2) is 6.82. The summed E-state index contributed by atoms with van der Waals surface area (Å²) in [6.07, 6.45) is 0.611. The van der Waals surface area contributed by atoms with Crippen LogP contribution in [0.3, 0.4) is 0 Å². The average Bonchev–Trinajstić information content (AvgIpc) is 2.75. The van der Waals surface area contributed by atoms with Gasteiger partial charge in [0, 0.05) is 22.9 Å². The fraction of sp³-hybridized carbons (Fsp3) is 0.706. The number of carboxylic acid groups (broad SMARTS) is 1. The molecule has 1 aliphatic carbocycles. The van der Waals surface area contributed by atoms with Crippen molar-refractivity contribution in [1.29, 1.82) is 0 Å². The van der Waals surface area contributed by atoms with Crippen LogP contribution in [0.1, 0.15) is 58.5 Å². The van der Waals surface area contributed by atoms with Crippen molar-refractivity contribution in [3.63, 3.8) is 0 Å². The summed E-state index contributed by atoms with van der Waals surface area (Å²) in [4.78, 5) is 30.6. The summed E-state index contributed by atoms with van der Waals surface area (Å²) in [5.74, 6) is 0. The monoisotopic (exact) mass is 369 g/mol. The molecule has 1 aliphatic rings. The highest BCUT2D eigenvalue weighted by Crippen LogP contribution is 2.34. The van der Waals surface area contributed by atoms with E-state index in [1.165, 1.54) is 16.2 Å². The summed E-state index contributed by atoms with van der Waals surface area (Å²) in [6, 6.07) is -0.0835. The molecule has 1 atom stereocenters. The van der Waals surface area contributed by atoms with Gasteiger partial charge in [-0.15, -0.1) is 11.3 Å². The summed E-state index contributed by atoms with van der Waals surface area (Å²) in [7, 11) is 0. The maximum Gasteiger partial charge on any atom is 0.413 e. The molecule has 2 rings (SSSR count). The first-order valence-corrected chi connectivity index (χ1v) is 9.19. The number of aryl methyl sites for hydroxylation is 1. The number of anilines is 1. The Labute approximate surface area is 152 Å². The number of nitrogens with zero attached hydrogens (tertiary/aromatic N) is 2. The molecule has 1 heterocycles. The molecule has 0 saturated heterocycles. The lowest BCUT2D eigenvalue weighted by atomic mass is 9.92. The molecule has 25 heavy (non-hydrogen) atoms. The molecule has 2 amide bonds. The third kappa shape index (κ3) is 5.07. The summed E-state index contributed by atoms with van der Waals surface area (Å²) in [6.45, 7) is 11.1. The number of ether oxygens (including phenoxy) is 1. The van der Waals surface area contributed by atoms with Gasteiger partial charge in [-0.05, 0) is 54.4 Å². The van der Waals surface area contributed by atoms with Gasteiger partial charge in [-0.25, -0.2) is 14.6 Å². The van der Waals surface area contributed by atoms with Crippen molar-refractivity contribution in [2.45, 2.75) is 78.0 Å². The molecular formula is C17H27N3O4S. The molecule has 1 aromatic rings. The lowest BCUT2D eigenvalue weighted by Gasteiger charge is -2.41. The third-order valence-corrected chi connectivity index (χ3v) is 4.85. The number of thiazole rings is 1. The fourth-order valence-corrected chi connectivity index (χ4v) is 4.08. The average molecular weight is 369 g/mol. The van der Waals surface area contributed by atoms with E-state index in [1.54, 1.807) is 20.8 Å². The molecular weight excluding hydrogens is 342 g/mol. The number of hydrogen-bond acceptors (Lipinski definition) is 5. The lowest BCUT2D eigenvalue weighted by Crippen LogP contribution is -2.52. The van der Waals surface area contributed by atoms with Crippen molar-refractivity contribution < 1.29 is 19.4 Å². The van der Waals surface area contributed by atoms with Crippen LogP contribution in [-0.4, -0.2) is 44.4 Å². The van der Waals surface area contributed by atoms with Gasteiger partial charge in [0.15, 0.2) is 5.13 Å². The first-order chi connectivity index (χ1) is 11.4. The largest absolute Gasteiger partial charge is 0.465 e. The van der Waals surface area contributed by atoms with E-state index in [0.29, 0.717) is 18.0 Å². The zero-order chi connectivity index (χ0) is 19.0. The molecule has 0 radical (unpaired) electrons. The van der Waals surface area contributed by atoms with Crippen LogP contribution in [-0.2, 0) is 17.6 Å². The number of aromatic nitrogens is 1. The Morgan fingerprint density at radius 3 is 2.44 bits per heavy atom. The van der Waals surface area contributed by atoms with Crippen LogP contribution in [0, 0.1) is 0 Å². The lowest BCUT2D eigenvalue weighted by molar-refractivity contribution is 0.0629. The molecule has 0 aliphatic heterocycles. The van der Waals surface area contributed by atoms with Gasteiger partial charge in [-0.1, -0.05) is 0 Å². The first kappa shape index (κ1) is 19.5. The molecule has 1 unspecified atom stereocenters. The molecule has 140 valence electrons. The zero-order valence-electron chi connectivity index (χ0n) is 15.7. The highest BCUT2D eigenvalue weighted by Gasteiger charge is 2.36. The third-order valence-electron chi connectivity index (χ3n) is 3.82. The fourth-order valence-electron chi connectivity index (χ4n) is 3.01. The molecule has 0 saturated carbocycles. The van der Waals surface area contributed by atoms with E-state index in [4.69, 9.17) is 4.74 Å². The van der Waals surface area contributed by atoms with Gasteiger partial charge in [0.1, 0.15) is 5.60 Å². The normalized spacial score (nSPS) is 17.6. The summed E-state index contributed by atoms with van der Waals surface area (Å²) < 4.78 is 5.24. The molecule has 0 bridgehead atoms. The second-order valence-corrected chi connectivity index (χ2v) is 9.32. The van der Waals surface area contributed by atoms with Crippen molar-refractivity contribution >= 4 is 28.7 Å². The molecule has 0 aromatic carbocycles. The summed E-state index contributed by atoms with van der Waals surface area (Å²) >= 11 is 1.39. The van der Waals surface area contributed by atoms with Crippen molar-refractivity contribution in [1.82, 2.24) is 9.88 Å². The number of nitrogens with one attached hydrogen (secondary N) is 1. The van der Waals surface area contributed by atoms with Gasteiger partial charge >= 0.3 is 12.2 Å². The maximum atomic E-state index is 11.9. The first-order valence-electron chi connectivity index (χ1n) is 8.37. The molecule has 2 N–H and O–H groups in total. The van der Waals surface area contributed by atoms with Gasteiger partial charge in [-0.2, -0.15) is 0 Å². The molecule has 1 aromatic heterocycles. The van der Waals surface area contributed by atoms with Gasteiger partial charge in [-0.3, -0.25) is 5.32 Å². The predicted octanol–water partition coefficient (Wildman–Crippen LogP) is 4.13. The van der Waals surface area contributed by atoms with Gasteiger partial charge < -0.3 is 14.7 Å². The van der Waals surface area contributed by atoms with Gasteiger partial charge in [0.05, 0.1) is 5.69 Å². The Kier molecular flexibility index (Phi) is 5.32. The van der Waals surface area contributed by atoms with E-state index in [1.807, 2.05) is 20.8 Å². The highest BCUT2D eigenvalue weighted by atomic mass is 32.1. The van der Waals surface area contributed by atoms with E-state index >= 15 is 0 Å². The number of hydrogen-bond donors (Lipinski definition) is 2. The van der Waals surface area contributed by atoms with Crippen LogP contribution in [0.15, 0.2) is 0 Å². The quantitative estimate of drug-likeness (QED) is 0.818. The Morgan fingerprint density at radius 1 is 1.28 bits per heavy atom. The summed E-state index contributed by atoms with van der Waals surface area (Å²) in [5.41, 5.74) is -0.0941. The maximum absolute atomic E-state index is 11.9. The Hall–Kier alpha value is -1.83. The Bertz CT molecular complexity index is 658. The zero-order valence-corrected chi connectivity index (χ0v) is 16.5. The van der Waals surface area contributed by atoms with E-state index in [0.717, 1.165) is 17.0 Å². The van der Waals surface area contributed by atoms with E-state index in [9.17, 15) is 14.7 Å². The smallest absolute Gasteiger partial charge is 0.413 e. The van der Waals surface area contributed by atoms with Crippen molar-refractivity contribution in [2.24, 2.45) is 0 Å². The van der Waals surface area contributed by atoms with Crippen LogP contribution in [0.25, 0.3) is 0 Å². The molecule has 7 nitrogen and oxygen atoms in total. The Morgan fingerprint density at radius 2 is 1.92 bits per heavy atom. The van der Waals surface area contributed by atoms with Crippen LogP contribution in [0.5, 0.6) is 0 Å². The number of fused-ring (bicyclic) bond motifs is 1. The SMILES string of the molecule is CC(C)(C)OC(=O)Nc1nc2c(s1)CC(N(C(=O)O)C(C)(C)C)CC2. The van der Waals surface area contributed by atoms with Crippen molar-refractivity contribution in [2.75, 3.05) is 5.32 Å². The van der Waals surface area contributed by atoms with Crippen molar-refractivity contribution in [3.05, 3.63) is 10.6 Å². The minimum atomic E-state index is -0.905. The predicted molar refractivity (Wildman–Crippen MR) is 97.4 cm³/mol. The van der Waals surface area contributed by atoms with Crippen LogP contribution in [0.2, 0.25) is 0 Å². The minimum absolute atomic E-state index is 0.0835. The van der Waals surface area contributed by atoms with E-state index in [2.05, 4.69) is 10.3 Å². The topological polar surface area (TPSA) is 91.8 Å². The Balaban J connectivity index is 2.11. The van der Waals surface area contributed by atoms with E-state index < -0.39 is 23.3 Å². The van der Waals surface area contributed by atoms with Crippen molar-refractivity contribution in [3.8, 4) is 0 Å². The van der Waals surface area contributed by atoms with Crippen LogP contribution >= 0.6 is 11.3 Å². The van der Waals surface area contributed by atoms with E-state index in [-0.39, 0.29) is 6.04 Å². The number of rotatable bonds is 2. The van der Waals surface area contributed by atoms with Gasteiger partial charge in [0.25, 0.3) is 0 Å². The number of carbonyl (C=O) groups excluding carboxylic acids is 1. The molecule has 8 heteroatoms. The van der Waals surface area contributed by atoms with Crippen LogP contribution < -0.4 is 5.32 Å². The van der Waals surface area contributed by atoms with Crippen LogP contribution in [0.4, 0.5) is 14.7 Å². The number of amides is 2. The minimum Gasteiger partial charge on any atom is -0.465 e. The second-order valence-electron chi connectivity index (χ2n) is 8.24. The number of carbonyl (C=O) groups is 2.